The predicted molar refractivity (Wildman–Crippen MR) is 206 cm³/mol. The van der Waals surface area contributed by atoms with Gasteiger partial charge < -0.3 is 13.3 Å². The molecular weight excluding hydrogens is 629 g/mol. The van der Waals surface area contributed by atoms with E-state index >= 15 is 0 Å². The standard InChI is InChI=1S/C46H26N2O3/c1-2-11-27(12-3-1)28-13-10-14-29(23-28)36-24-31(26-41-42(36)34-16-5-8-19-38(34)50-41)46-47-43(45-44(48-46)35-17-6-9-20-39(35)51-45)30-21-22-33-32-15-4-7-18-37(32)49-40(33)25-30/h1-26H. The van der Waals surface area contributed by atoms with E-state index in [2.05, 4.69) is 97.1 Å². The first-order valence-electron chi connectivity index (χ1n) is 17.0. The zero-order chi connectivity index (χ0) is 33.5. The van der Waals surface area contributed by atoms with Gasteiger partial charge in [-0.2, -0.15) is 0 Å². The fourth-order valence-corrected chi connectivity index (χ4v) is 7.50. The second kappa shape index (κ2) is 10.8. The summed E-state index contributed by atoms with van der Waals surface area (Å²) in [5.41, 5.74) is 12.3. The Balaban J connectivity index is 1.18. The van der Waals surface area contributed by atoms with Crippen LogP contribution in [0.3, 0.4) is 0 Å². The molecule has 0 unspecified atom stereocenters. The van der Waals surface area contributed by atoms with E-state index in [1.807, 2.05) is 60.7 Å². The van der Waals surface area contributed by atoms with Crippen LogP contribution in [-0.4, -0.2) is 9.97 Å². The summed E-state index contributed by atoms with van der Waals surface area (Å²) in [5.74, 6) is 0.580. The van der Waals surface area contributed by atoms with Crippen molar-refractivity contribution in [1.29, 1.82) is 0 Å². The Morgan fingerprint density at radius 1 is 0.353 bits per heavy atom. The minimum Gasteiger partial charge on any atom is -0.456 e. The molecule has 5 heteroatoms. The van der Waals surface area contributed by atoms with Gasteiger partial charge in [0.2, 0.25) is 0 Å². The molecule has 0 N–H and O–H groups in total. The normalized spacial score (nSPS) is 11.9. The van der Waals surface area contributed by atoms with Gasteiger partial charge in [-0.3, -0.25) is 0 Å². The predicted octanol–water partition coefficient (Wildman–Crippen LogP) is 12.8. The van der Waals surface area contributed by atoms with Crippen LogP contribution in [0.1, 0.15) is 0 Å². The molecule has 0 spiro atoms. The first kappa shape index (κ1) is 27.9. The van der Waals surface area contributed by atoms with Gasteiger partial charge in [-0.25, -0.2) is 9.97 Å². The number of benzene rings is 7. The van der Waals surface area contributed by atoms with Gasteiger partial charge in [-0.05, 0) is 76.9 Å². The van der Waals surface area contributed by atoms with Crippen LogP contribution in [0, 0.1) is 0 Å². The maximum absolute atomic E-state index is 6.54. The van der Waals surface area contributed by atoms with Crippen LogP contribution < -0.4 is 0 Å². The lowest BCUT2D eigenvalue weighted by Gasteiger charge is -2.11. The highest BCUT2D eigenvalue weighted by atomic mass is 16.3. The lowest BCUT2D eigenvalue weighted by molar-refractivity contribution is 0.666. The maximum Gasteiger partial charge on any atom is 0.180 e. The molecule has 0 atom stereocenters. The van der Waals surface area contributed by atoms with E-state index in [1.54, 1.807) is 0 Å². The van der Waals surface area contributed by atoms with Crippen molar-refractivity contribution in [2.24, 2.45) is 0 Å². The summed E-state index contributed by atoms with van der Waals surface area (Å²) in [6.45, 7) is 0. The van der Waals surface area contributed by atoms with Crippen LogP contribution in [0.15, 0.2) is 171 Å². The van der Waals surface area contributed by atoms with E-state index < -0.39 is 0 Å². The molecule has 0 fully saturated rings. The lowest BCUT2D eigenvalue weighted by Crippen LogP contribution is -1.95. The van der Waals surface area contributed by atoms with E-state index in [0.29, 0.717) is 17.1 Å². The van der Waals surface area contributed by atoms with Gasteiger partial charge in [0.25, 0.3) is 0 Å². The van der Waals surface area contributed by atoms with E-state index in [0.717, 1.165) is 93.7 Å². The number of hydrogen-bond donors (Lipinski definition) is 0. The van der Waals surface area contributed by atoms with Crippen LogP contribution in [-0.2, 0) is 0 Å². The summed E-state index contributed by atoms with van der Waals surface area (Å²) in [6.07, 6.45) is 0. The number of fused-ring (bicyclic) bond motifs is 9. The Bertz CT molecular complexity index is 3150. The van der Waals surface area contributed by atoms with Gasteiger partial charge in [0.05, 0.1) is 0 Å². The highest BCUT2D eigenvalue weighted by molar-refractivity contribution is 6.14. The minimum absolute atomic E-state index is 0.580. The van der Waals surface area contributed by atoms with Gasteiger partial charge in [0, 0.05) is 38.1 Å². The molecule has 0 aliphatic carbocycles. The Kier molecular flexibility index (Phi) is 5.89. The summed E-state index contributed by atoms with van der Waals surface area (Å²) < 4.78 is 19.3. The molecule has 11 aromatic rings. The summed E-state index contributed by atoms with van der Waals surface area (Å²) in [7, 11) is 0. The van der Waals surface area contributed by atoms with Crippen molar-refractivity contribution in [2.45, 2.75) is 0 Å². The Hall–Kier alpha value is -6.98. The molecule has 5 nitrogen and oxygen atoms in total. The fraction of sp³-hybridized carbons (Fsp3) is 0. The molecule has 4 heterocycles. The third-order valence-corrected chi connectivity index (χ3v) is 9.89. The average molecular weight is 655 g/mol. The molecule has 0 bridgehead atoms. The largest absolute Gasteiger partial charge is 0.456 e. The third-order valence-electron chi connectivity index (χ3n) is 9.89. The van der Waals surface area contributed by atoms with E-state index in [1.165, 1.54) is 0 Å². The quantitative estimate of drug-likeness (QED) is 0.189. The van der Waals surface area contributed by atoms with Gasteiger partial charge >= 0.3 is 0 Å². The van der Waals surface area contributed by atoms with Crippen LogP contribution in [0.25, 0.3) is 111 Å². The molecule has 11 rings (SSSR count). The van der Waals surface area contributed by atoms with Gasteiger partial charge in [0.1, 0.15) is 39.1 Å². The highest BCUT2D eigenvalue weighted by Gasteiger charge is 2.22. The molecule has 0 aliphatic heterocycles. The summed E-state index contributed by atoms with van der Waals surface area (Å²) in [6, 6.07) is 54.0. The molecule has 7 aromatic carbocycles. The van der Waals surface area contributed by atoms with Crippen LogP contribution in [0.4, 0.5) is 0 Å². The molecular formula is C46H26N2O3. The monoisotopic (exact) mass is 654 g/mol. The molecule has 0 radical (unpaired) electrons. The SMILES string of the molecule is c1ccc(-c2cccc(-c3cc(-c4nc(-c5ccc6c(c5)oc5ccccc56)c5oc6ccccc6c5n4)cc4oc5ccccc5c34)c2)cc1. The van der Waals surface area contributed by atoms with Crippen LogP contribution in [0.2, 0.25) is 0 Å². The third kappa shape index (κ3) is 4.35. The molecule has 51 heavy (non-hydrogen) atoms. The molecule has 238 valence electrons. The second-order valence-corrected chi connectivity index (χ2v) is 12.9. The topological polar surface area (TPSA) is 65.2 Å². The molecule has 0 amide bonds. The van der Waals surface area contributed by atoms with Crippen molar-refractivity contribution in [3.8, 4) is 44.9 Å². The van der Waals surface area contributed by atoms with Crippen molar-refractivity contribution >= 4 is 65.9 Å². The van der Waals surface area contributed by atoms with Crippen LogP contribution in [0.5, 0.6) is 0 Å². The summed E-state index contributed by atoms with van der Waals surface area (Å²) >= 11 is 0. The average Bonchev–Trinajstić information content (AvgIpc) is 3.88. The number of furan rings is 3. The molecule has 0 saturated carbocycles. The number of nitrogens with zero attached hydrogens (tertiary/aromatic N) is 2. The number of aromatic nitrogens is 2. The van der Waals surface area contributed by atoms with Crippen molar-refractivity contribution in [3.63, 3.8) is 0 Å². The molecule has 4 aromatic heterocycles. The first-order valence-corrected chi connectivity index (χ1v) is 17.0. The lowest BCUT2D eigenvalue weighted by atomic mass is 9.94. The molecule has 0 aliphatic rings. The Morgan fingerprint density at radius 2 is 0.980 bits per heavy atom. The summed E-state index contributed by atoms with van der Waals surface area (Å²) in [5, 5.41) is 5.20. The smallest absolute Gasteiger partial charge is 0.180 e. The van der Waals surface area contributed by atoms with Crippen LogP contribution >= 0.6 is 0 Å². The Labute approximate surface area is 291 Å². The maximum atomic E-state index is 6.54. The van der Waals surface area contributed by atoms with E-state index in [9.17, 15) is 0 Å². The Morgan fingerprint density at radius 3 is 1.82 bits per heavy atom. The molecule has 0 saturated heterocycles. The van der Waals surface area contributed by atoms with Gasteiger partial charge in [-0.15, -0.1) is 0 Å². The van der Waals surface area contributed by atoms with E-state index in [4.69, 9.17) is 23.2 Å². The first-order chi connectivity index (χ1) is 25.2. The van der Waals surface area contributed by atoms with Gasteiger partial charge in [-0.1, -0.05) is 103 Å². The van der Waals surface area contributed by atoms with Crippen molar-refractivity contribution in [1.82, 2.24) is 9.97 Å². The fourth-order valence-electron chi connectivity index (χ4n) is 7.50. The number of hydrogen-bond acceptors (Lipinski definition) is 5. The zero-order valence-electron chi connectivity index (χ0n) is 27.1. The van der Waals surface area contributed by atoms with Crippen molar-refractivity contribution < 1.29 is 13.3 Å². The summed E-state index contributed by atoms with van der Waals surface area (Å²) in [4.78, 5) is 10.5. The highest BCUT2D eigenvalue weighted by Crippen LogP contribution is 2.42. The number of rotatable bonds is 4. The van der Waals surface area contributed by atoms with Gasteiger partial charge in [0.15, 0.2) is 11.4 Å². The number of para-hydroxylation sites is 3. The van der Waals surface area contributed by atoms with E-state index in [-0.39, 0.29) is 0 Å². The zero-order valence-corrected chi connectivity index (χ0v) is 27.1. The van der Waals surface area contributed by atoms with Crippen molar-refractivity contribution in [3.05, 3.63) is 158 Å². The minimum atomic E-state index is 0.580. The second-order valence-electron chi connectivity index (χ2n) is 12.9. The van der Waals surface area contributed by atoms with Crippen molar-refractivity contribution in [2.75, 3.05) is 0 Å².